The van der Waals surface area contributed by atoms with Crippen LogP contribution in [0.25, 0.3) is 10.9 Å². The van der Waals surface area contributed by atoms with Gasteiger partial charge in [-0.25, -0.2) is 0 Å². The van der Waals surface area contributed by atoms with Crippen molar-refractivity contribution in [3.63, 3.8) is 0 Å². The second-order valence-corrected chi connectivity index (χ2v) is 5.44. The molecular weight excluding hydrogens is 320 g/mol. The molecule has 2 aromatic carbocycles. The van der Waals surface area contributed by atoms with E-state index in [0.29, 0.717) is 28.1 Å². The first-order chi connectivity index (χ1) is 12.1. The van der Waals surface area contributed by atoms with Crippen LogP contribution in [-0.4, -0.2) is 24.7 Å². The van der Waals surface area contributed by atoms with Crippen molar-refractivity contribution in [2.45, 2.75) is 6.54 Å². The zero-order valence-electron chi connectivity index (χ0n) is 14.0. The molecule has 0 radical (unpaired) electrons. The molecule has 1 heterocycles. The van der Waals surface area contributed by atoms with Gasteiger partial charge in [-0.3, -0.25) is 9.59 Å². The molecule has 3 rings (SSSR count). The molecule has 25 heavy (non-hydrogen) atoms. The van der Waals surface area contributed by atoms with E-state index in [4.69, 9.17) is 9.47 Å². The summed E-state index contributed by atoms with van der Waals surface area (Å²) < 4.78 is 12.2. The first-order valence-corrected chi connectivity index (χ1v) is 7.72. The van der Waals surface area contributed by atoms with Gasteiger partial charge < -0.3 is 19.4 Å². The van der Waals surface area contributed by atoms with Gasteiger partial charge in [0.1, 0.15) is 18.0 Å². The summed E-state index contributed by atoms with van der Waals surface area (Å²) in [4.78, 5) is 24.4. The molecule has 128 valence electrons. The molecule has 0 aliphatic heterocycles. The maximum Gasteiger partial charge on any atom is 0.244 e. The van der Waals surface area contributed by atoms with Crippen molar-refractivity contribution in [3.8, 4) is 11.5 Å². The standard InChI is InChI=1S/C19H18N2O4/c1-24-13-7-8-18(25-2)15(11-13)20-19(23)12-21-10-9-17(22)14-5-3-4-6-16(14)21/h3-11H,12H2,1-2H3,(H,20,23). The van der Waals surface area contributed by atoms with Crippen molar-refractivity contribution in [2.24, 2.45) is 0 Å². The molecule has 3 aromatic rings. The van der Waals surface area contributed by atoms with Crippen molar-refractivity contribution in [2.75, 3.05) is 19.5 Å². The highest BCUT2D eigenvalue weighted by Gasteiger charge is 2.11. The zero-order chi connectivity index (χ0) is 17.8. The van der Waals surface area contributed by atoms with Crippen molar-refractivity contribution < 1.29 is 14.3 Å². The van der Waals surface area contributed by atoms with Crippen molar-refractivity contribution >= 4 is 22.5 Å². The minimum absolute atomic E-state index is 0.0678. The van der Waals surface area contributed by atoms with Gasteiger partial charge in [0.2, 0.25) is 5.91 Å². The van der Waals surface area contributed by atoms with Gasteiger partial charge in [-0.15, -0.1) is 0 Å². The van der Waals surface area contributed by atoms with E-state index >= 15 is 0 Å². The molecule has 0 fully saturated rings. The molecule has 1 N–H and O–H groups in total. The molecule has 0 saturated heterocycles. The van der Waals surface area contributed by atoms with Crippen LogP contribution in [-0.2, 0) is 11.3 Å². The number of benzene rings is 2. The number of para-hydroxylation sites is 1. The Morgan fingerprint density at radius 2 is 1.88 bits per heavy atom. The van der Waals surface area contributed by atoms with Gasteiger partial charge in [-0.05, 0) is 24.3 Å². The van der Waals surface area contributed by atoms with Crippen molar-refractivity contribution in [1.29, 1.82) is 0 Å². The first-order valence-electron chi connectivity index (χ1n) is 7.72. The third kappa shape index (κ3) is 3.47. The summed E-state index contributed by atoms with van der Waals surface area (Å²) in [7, 11) is 3.09. The third-order valence-electron chi connectivity index (χ3n) is 3.88. The Bertz CT molecular complexity index is 979. The Morgan fingerprint density at radius 1 is 1.08 bits per heavy atom. The van der Waals surface area contributed by atoms with Crippen molar-refractivity contribution in [1.82, 2.24) is 4.57 Å². The van der Waals surface area contributed by atoms with Gasteiger partial charge in [0, 0.05) is 23.7 Å². The average molecular weight is 338 g/mol. The molecule has 0 unspecified atom stereocenters. The average Bonchev–Trinajstić information content (AvgIpc) is 2.64. The number of nitrogens with one attached hydrogen (secondary N) is 1. The molecule has 0 aliphatic carbocycles. The number of ether oxygens (including phenoxy) is 2. The van der Waals surface area contributed by atoms with E-state index in [2.05, 4.69) is 5.32 Å². The van der Waals surface area contributed by atoms with Crippen LogP contribution in [0.15, 0.2) is 59.5 Å². The van der Waals surface area contributed by atoms with Crippen LogP contribution in [0.2, 0.25) is 0 Å². The summed E-state index contributed by atoms with van der Waals surface area (Å²) in [6, 6.07) is 13.8. The largest absolute Gasteiger partial charge is 0.497 e. The van der Waals surface area contributed by atoms with Crippen LogP contribution < -0.4 is 20.2 Å². The predicted molar refractivity (Wildman–Crippen MR) is 96.4 cm³/mol. The number of fused-ring (bicyclic) bond motifs is 1. The molecule has 0 bridgehead atoms. The number of nitrogens with zero attached hydrogens (tertiary/aromatic N) is 1. The number of hydrogen-bond donors (Lipinski definition) is 1. The zero-order valence-corrected chi connectivity index (χ0v) is 14.0. The number of rotatable bonds is 5. The van der Waals surface area contributed by atoms with E-state index in [9.17, 15) is 9.59 Å². The highest BCUT2D eigenvalue weighted by molar-refractivity contribution is 5.93. The molecule has 0 spiro atoms. The monoisotopic (exact) mass is 338 g/mol. The lowest BCUT2D eigenvalue weighted by atomic mass is 10.2. The quantitative estimate of drug-likeness (QED) is 0.776. The third-order valence-corrected chi connectivity index (χ3v) is 3.88. The Kier molecular flexibility index (Phi) is 4.70. The fourth-order valence-corrected chi connectivity index (χ4v) is 2.65. The van der Waals surface area contributed by atoms with Gasteiger partial charge >= 0.3 is 0 Å². The molecule has 0 saturated carbocycles. The van der Waals surface area contributed by atoms with Crippen LogP contribution in [0.3, 0.4) is 0 Å². The lowest BCUT2D eigenvalue weighted by Crippen LogP contribution is -2.20. The van der Waals surface area contributed by atoms with E-state index in [1.807, 2.05) is 12.1 Å². The number of pyridine rings is 1. The molecular formula is C19H18N2O4. The Balaban J connectivity index is 1.87. The SMILES string of the molecule is COc1ccc(OC)c(NC(=O)Cn2ccc(=O)c3ccccc32)c1. The number of carbonyl (C=O) groups excluding carboxylic acids is 1. The Hall–Kier alpha value is -3.28. The molecule has 6 heteroatoms. The predicted octanol–water partition coefficient (Wildman–Crippen LogP) is 2.66. The Morgan fingerprint density at radius 3 is 2.64 bits per heavy atom. The van der Waals surface area contributed by atoms with E-state index in [0.717, 1.165) is 0 Å². The van der Waals surface area contributed by atoms with Gasteiger partial charge in [-0.2, -0.15) is 0 Å². The first kappa shape index (κ1) is 16.6. The maximum atomic E-state index is 12.5. The lowest BCUT2D eigenvalue weighted by Gasteiger charge is -2.14. The van der Waals surface area contributed by atoms with Crippen LogP contribution in [0.4, 0.5) is 5.69 Å². The summed E-state index contributed by atoms with van der Waals surface area (Å²) in [5.74, 6) is 0.921. The number of hydrogen-bond acceptors (Lipinski definition) is 4. The number of methoxy groups -OCH3 is 2. The van der Waals surface area contributed by atoms with Gasteiger partial charge in [0.05, 0.1) is 25.4 Å². The Labute approximate surface area is 144 Å². The van der Waals surface area contributed by atoms with E-state index < -0.39 is 0 Å². The summed E-state index contributed by atoms with van der Waals surface area (Å²) in [5.41, 5.74) is 1.17. The fourth-order valence-electron chi connectivity index (χ4n) is 2.65. The topological polar surface area (TPSA) is 69.6 Å². The minimum Gasteiger partial charge on any atom is -0.497 e. The van der Waals surface area contributed by atoms with Crippen LogP contribution in [0, 0.1) is 0 Å². The minimum atomic E-state index is -0.236. The number of aromatic nitrogens is 1. The molecule has 0 atom stereocenters. The highest BCUT2D eigenvalue weighted by Crippen LogP contribution is 2.28. The van der Waals surface area contributed by atoms with E-state index in [1.165, 1.54) is 13.2 Å². The number of amides is 1. The summed E-state index contributed by atoms with van der Waals surface area (Å²) in [6.07, 6.45) is 1.62. The smallest absolute Gasteiger partial charge is 0.244 e. The summed E-state index contributed by atoms with van der Waals surface area (Å²) in [5, 5.41) is 3.40. The molecule has 1 amide bonds. The van der Waals surface area contributed by atoms with Crippen molar-refractivity contribution in [3.05, 3.63) is 65.0 Å². The van der Waals surface area contributed by atoms with E-state index in [1.54, 1.807) is 48.2 Å². The van der Waals surface area contributed by atoms with Crippen LogP contribution in [0.1, 0.15) is 0 Å². The summed E-state index contributed by atoms with van der Waals surface area (Å²) in [6.45, 7) is 0.0706. The van der Waals surface area contributed by atoms with Gasteiger partial charge in [0.25, 0.3) is 0 Å². The van der Waals surface area contributed by atoms with Crippen LogP contribution in [0.5, 0.6) is 11.5 Å². The number of anilines is 1. The molecule has 6 nitrogen and oxygen atoms in total. The molecule has 1 aromatic heterocycles. The maximum absolute atomic E-state index is 12.5. The van der Waals surface area contributed by atoms with Gasteiger partial charge in [-0.1, -0.05) is 12.1 Å². The van der Waals surface area contributed by atoms with E-state index in [-0.39, 0.29) is 17.9 Å². The van der Waals surface area contributed by atoms with Gasteiger partial charge in [0.15, 0.2) is 5.43 Å². The second-order valence-electron chi connectivity index (χ2n) is 5.44. The van der Waals surface area contributed by atoms with Crippen LogP contribution >= 0.6 is 0 Å². The molecule has 0 aliphatic rings. The normalized spacial score (nSPS) is 10.5. The highest BCUT2D eigenvalue weighted by atomic mass is 16.5. The number of carbonyl (C=O) groups is 1. The summed E-state index contributed by atoms with van der Waals surface area (Å²) >= 11 is 0. The fraction of sp³-hybridized carbons (Fsp3) is 0.158. The second kappa shape index (κ2) is 7.09. The lowest BCUT2D eigenvalue weighted by molar-refractivity contribution is -0.116.